The fraction of sp³-hybridized carbons (Fsp3) is 0.292. The van der Waals surface area contributed by atoms with Crippen molar-refractivity contribution in [3.8, 4) is 11.3 Å². The normalized spacial score (nSPS) is 20.7. The number of hydrogen-bond donors (Lipinski definition) is 1. The number of nitrogens with zero attached hydrogens (tertiary/aromatic N) is 4. The van der Waals surface area contributed by atoms with E-state index in [-0.39, 0.29) is 34.3 Å². The zero-order valence-electron chi connectivity index (χ0n) is 17.9. The van der Waals surface area contributed by atoms with Gasteiger partial charge in [-0.2, -0.15) is 5.10 Å². The molecule has 168 valence electrons. The molecular weight excluding hydrogens is 428 g/mol. The van der Waals surface area contributed by atoms with Crippen molar-refractivity contribution in [1.29, 1.82) is 0 Å². The van der Waals surface area contributed by atoms with Crippen LogP contribution in [0.15, 0.2) is 53.6 Å². The molecule has 3 aromatic rings. The summed E-state index contributed by atoms with van der Waals surface area (Å²) >= 11 is 0. The van der Waals surface area contributed by atoms with Gasteiger partial charge in [-0.15, -0.1) is 5.10 Å². The molecule has 1 aromatic carbocycles. The minimum Gasteiger partial charge on any atom is -0.336 e. The van der Waals surface area contributed by atoms with Crippen LogP contribution in [0.4, 0.5) is 8.78 Å². The summed E-state index contributed by atoms with van der Waals surface area (Å²) in [6.07, 6.45) is 3.92. The SMILES string of the molecule is C=C1[C@@H]2CC[C@@]1(CN(CC)C(=O)c1c[nH]c(=O)cn1)c1nnc(-c3c(F)cccc3F)cc12. The quantitative estimate of drug-likeness (QED) is 0.603. The van der Waals surface area contributed by atoms with E-state index in [9.17, 15) is 18.4 Å². The molecule has 0 unspecified atom stereocenters. The van der Waals surface area contributed by atoms with Crippen molar-refractivity contribution in [3.63, 3.8) is 0 Å². The van der Waals surface area contributed by atoms with Crippen LogP contribution in [-0.4, -0.2) is 44.1 Å². The Morgan fingerprint density at radius 1 is 1.30 bits per heavy atom. The lowest BCUT2D eigenvalue weighted by atomic mass is 9.80. The average molecular weight is 449 g/mol. The Morgan fingerprint density at radius 2 is 2.06 bits per heavy atom. The lowest BCUT2D eigenvalue weighted by Gasteiger charge is -2.34. The third-order valence-corrected chi connectivity index (χ3v) is 6.79. The molecule has 2 heterocycles. The molecule has 1 amide bonds. The zero-order chi connectivity index (χ0) is 23.3. The Balaban J connectivity index is 1.52. The molecular formula is C24H21F2N5O2. The van der Waals surface area contributed by atoms with Gasteiger partial charge < -0.3 is 9.88 Å². The Bertz CT molecular complexity index is 1310. The van der Waals surface area contributed by atoms with Crippen molar-refractivity contribution in [2.75, 3.05) is 13.1 Å². The van der Waals surface area contributed by atoms with Crippen LogP contribution in [0.3, 0.4) is 0 Å². The lowest BCUT2D eigenvalue weighted by Crippen LogP contribution is -2.43. The van der Waals surface area contributed by atoms with E-state index >= 15 is 0 Å². The number of rotatable bonds is 5. The summed E-state index contributed by atoms with van der Waals surface area (Å²) in [5.74, 6) is -1.72. The number of hydrogen-bond acceptors (Lipinski definition) is 5. The number of fused-ring (bicyclic) bond motifs is 5. The van der Waals surface area contributed by atoms with Crippen molar-refractivity contribution < 1.29 is 13.6 Å². The molecule has 0 aliphatic heterocycles. The smallest absolute Gasteiger partial charge is 0.273 e. The third kappa shape index (κ3) is 3.18. The van der Waals surface area contributed by atoms with E-state index in [4.69, 9.17) is 0 Å². The summed E-state index contributed by atoms with van der Waals surface area (Å²) in [4.78, 5) is 32.4. The predicted octanol–water partition coefficient (Wildman–Crippen LogP) is 3.35. The maximum atomic E-state index is 14.3. The molecule has 0 radical (unpaired) electrons. The molecule has 0 spiro atoms. The second-order valence-electron chi connectivity index (χ2n) is 8.44. The van der Waals surface area contributed by atoms with Gasteiger partial charge in [0.15, 0.2) is 0 Å². The minimum absolute atomic E-state index is 0.0101. The molecule has 33 heavy (non-hydrogen) atoms. The molecule has 0 saturated heterocycles. The van der Waals surface area contributed by atoms with Crippen LogP contribution >= 0.6 is 0 Å². The lowest BCUT2D eigenvalue weighted by molar-refractivity contribution is 0.0727. The zero-order valence-corrected chi connectivity index (χ0v) is 17.9. The van der Waals surface area contributed by atoms with Crippen molar-refractivity contribution in [2.45, 2.75) is 31.1 Å². The summed E-state index contributed by atoms with van der Waals surface area (Å²) in [5, 5.41) is 8.57. The van der Waals surface area contributed by atoms with Crippen LogP contribution in [0.1, 0.15) is 47.4 Å². The Kier molecular flexibility index (Phi) is 4.92. The first-order valence-corrected chi connectivity index (χ1v) is 10.7. The van der Waals surface area contributed by atoms with Crippen LogP contribution in [0, 0.1) is 11.6 Å². The molecule has 2 aliphatic carbocycles. The highest BCUT2D eigenvalue weighted by molar-refractivity contribution is 5.92. The topological polar surface area (TPSA) is 91.8 Å². The Labute approximate surface area is 188 Å². The number of amides is 1. The molecule has 2 bridgehead atoms. The van der Waals surface area contributed by atoms with Crippen LogP contribution in [0.25, 0.3) is 11.3 Å². The highest BCUT2D eigenvalue weighted by atomic mass is 19.1. The van der Waals surface area contributed by atoms with E-state index < -0.39 is 17.0 Å². The predicted molar refractivity (Wildman–Crippen MR) is 117 cm³/mol. The maximum absolute atomic E-state index is 14.3. The Hall–Kier alpha value is -3.75. The van der Waals surface area contributed by atoms with Gasteiger partial charge in [0.05, 0.1) is 28.6 Å². The van der Waals surface area contributed by atoms with Crippen LogP contribution in [-0.2, 0) is 5.41 Å². The summed E-state index contributed by atoms with van der Waals surface area (Å²) < 4.78 is 28.6. The van der Waals surface area contributed by atoms with E-state index in [1.54, 1.807) is 11.0 Å². The molecule has 1 saturated carbocycles. The van der Waals surface area contributed by atoms with E-state index in [0.717, 1.165) is 30.2 Å². The van der Waals surface area contributed by atoms with Crippen molar-refractivity contribution in [1.82, 2.24) is 25.1 Å². The number of halogens is 2. The van der Waals surface area contributed by atoms with Crippen molar-refractivity contribution in [2.24, 2.45) is 0 Å². The van der Waals surface area contributed by atoms with Gasteiger partial charge in [-0.25, -0.2) is 13.8 Å². The van der Waals surface area contributed by atoms with Crippen LogP contribution in [0.5, 0.6) is 0 Å². The molecule has 1 N–H and O–H groups in total. The first-order valence-electron chi connectivity index (χ1n) is 10.7. The monoisotopic (exact) mass is 449 g/mol. The number of benzene rings is 1. The number of aromatic amines is 1. The van der Waals surface area contributed by atoms with Crippen molar-refractivity contribution >= 4 is 5.91 Å². The molecule has 2 atom stereocenters. The van der Waals surface area contributed by atoms with E-state index in [2.05, 4.69) is 26.7 Å². The van der Waals surface area contributed by atoms with E-state index in [1.807, 2.05) is 6.92 Å². The highest BCUT2D eigenvalue weighted by Gasteiger charge is 2.55. The van der Waals surface area contributed by atoms with Gasteiger partial charge in [0.1, 0.15) is 17.3 Å². The fourth-order valence-electron chi connectivity index (χ4n) is 5.11. The van der Waals surface area contributed by atoms with Gasteiger partial charge in [0, 0.05) is 25.2 Å². The number of carbonyl (C=O) groups is 1. The molecule has 7 nitrogen and oxygen atoms in total. The van der Waals surface area contributed by atoms with Crippen molar-refractivity contribution in [3.05, 3.63) is 87.8 Å². The first-order chi connectivity index (χ1) is 15.9. The van der Waals surface area contributed by atoms with Gasteiger partial charge in [-0.05, 0) is 43.5 Å². The Morgan fingerprint density at radius 3 is 2.73 bits per heavy atom. The summed E-state index contributed by atoms with van der Waals surface area (Å²) in [6.45, 7) is 6.92. The van der Waals surface area contributed by atoms with Gasteiger partial charge >= 0.3 is 0 Å². The van der Waals surface area contributed by atoms with Gasteiger partial charge in [-0.3, -0.25) is 9.59 Å². The first kappa shape index (κ1) is 21.1. The number of aromatic nitrogens is 4. The standard InChI is InChI=1S/C24H21F2N5O2/c1-3-31(23(33)19-10-28-20(32)11-27-19)12-24-8-7-14(13(24)2)15-9-18(29-30-22(15)24)21-16(25)5-4-6-17(21)26/h4-6,9-11,14H,2-3,7-8,12H2,1H3,(H,28,32)/t14-,24-/m0/s1. The largest absolute Gasteiger partial charge is 0.336 e. The number of likely N-dealkylation sites (N-methyl/N-ethyl adjacent to an activating group) is 1. The van der Waals surface area contributed by atoms with Gasteiger partial charge in [0.25, 0.3) is 11.5 Å². The molecule has 9 heteroatoms. The summed E-state index contributed by atoms with van der Waals surface area (Å²) in [7, 11) is 0. The average Bonchev–Trinajstić information content (AvgIpc) is 3.25. The number of carbonyl (C=O) groups excluding carboxylic acids is 1. The summed E-state index contributed by atoms with van der Waals surface area (Å²) in [6, 6.07) is 5.38. The molecule has 2 aromatic heterocycles. The molecule has 5 rings (SSSR count). The minimum atomic E-state index is -0.697. The highest BCUT2D eigenvalue weighted by Crippen LogP contribution is 2.60. The summed E-state index contributed by atoms with van der Waals surface area (Å²) in [5.41, 5.74) is 1.58. The van der Waals surface area contributed by atoms with Gasteiger partial charge in [-0.1, -0.05) is 18.2 Å². The van der Waals surface area contributed by atoms with Crippen LogP contribution < -0.4 is 5.56 Å². The van der Waals surface area contributed by atoms with Gasteiger partial charge in [0.2, 0.25) is 0 Å². The second-order valence-corrected chi connectivity index (χ2v) is 8.44. The fourth-order valence-corrected chi connectivity index (χ4v) is 5.11. The van der Waals surface area contributed by atoms with E-state index in [0.29, 0.717) is 18.8 Å². The maximum Gasteiger partial charge on any atom is 0.273 e. The number of nitrogens with one attached hydrogen (secondary N) is 1. The third-order valence-electron chi connectivity index (χ3n) is 6.79. The number of H-pyrrole nitrogens is 1. The van der Waals surface area contributed by atoms with Crippen LogP contribution in [0.2, 0.25) is 0 Å². The second kappa shape index (κ2) is 7.68. The van der Waals surface area contributed by atoms with E-state index in [1.165, 1.54) is 24.4 Å². The molecule has 2 aliphatic rings. The molecule has 1 fully saturated rings.